The summed E-state index contributed by atoms with van der Waals surface area (Å²) < 4.78 is 0. The number of nitrogens with zero attached hydrogens (tertiary/aromatic N) is 2. The van der Waals surface area contributed by atoms with E-state index in [1.165, 1.54) is 23.1 Å². The highest BCUT2D eigenvalue weighted by Gasteiger charge is 2.20. The van der Waals surface area contributed by atoms with Gasteiger partial charge in [-0.2, -0.15) is 5.26 Å². The second-order valence-electron chi connectivity index (χ2n) is 4.44. The summed E-state index contributed by atoms with van der Waals surface area (Å²) in [6, 6.07) is 7.05. The van der Waals surface area contributed by atoms with E-state index in [-0.39, 0.29) is 17.9 Å². The fraction of sp³-hybridized carbons (Fsp3) is 0.286. The van der Waals surface area contributed by atoms with Gasteiger partial charge in [0.1, 0.15) is 6.07 Å². The Balaban J connectivity index is 2.27. The van der Waals surface area contributed by atoms with Gasteiger partial charge in [0.05, 0.1) is 17.7 Å². The molecule has 0 saturated carbocycles. The summed E-state index contributed by atoms with van der Waals surface area (Å²) in [6.45, 7) is -0.0729. The van der Waals surface area contributed by atoms with Gasteiger partial charge in [-0.1, -0.05) is 11.6 Å². The number of nitrogens with two attached hydrogens (primary N) is 1. The number of thioether (sulfide) groups is 1. The molecule has 2 aromatic rings. The molecule has 0 fully saturated rings. The third-order valence-corrected chi connectivity index (χ3v) is 5.45. The Morgan fingerprint density at radius 3 is 2.95 bits per heavy atom. The minimum atomic E-state index is -0.311. The molecule has 0 bridgehead atoms. The first-order valence-electron chi connectivity index (χ1n) is 6.25. The molecule has 21 heavy (non-hydrogen) atoms. The van der Waals surface area contributed by atoms with Crippen LogP contribution in [0.2, 0.25) is 5.02 Å². The van der Waals surface area contributed by atoms with E-state index in [0.717, 1.165) is 9.77 Å². The van der Waals surface area contributed by atoms with Crippen molar-refractivity contribution >= 4 is 34.7 Å². The van der Waals surface area contributed by atoms with Gasteiger partial charge >= 0.3 is 0 Å². The Morgan fingerprint density at radius 2 is 2.33 bits per heavy atom. The Kier molecular flexibility index (Phi) is 6.03. The van der Waals surface area contributed by atoms with Gasteiger partial charge in [-0.25, -0.2) is 0 Å². The third-order valence-electron chi connectivity index (χ3n) is 2.85. The molecule has 2 rings (SSSR count). The number of hydrogen-bond donors (Lipinski definition) is 2. The van der Waals surface area contributed by atoms with Crippen molar-refractivity contribution in [3.63, 3.8) is 0 Å². The first-order chi connectivity index (χ1) is 10.1. The summed E-state index contributed by atoms with van der Waals surface area (Å²) in [5.74, 6) is 0. The number of benzene rings is 1. The highest BCUT2D eigenvalue weighted by Crippen LogP contribution is 2.41. The van der Waals surface area contributed by atoms with E-state index < -0.39 is 0 Å². The molecular weight excluding hydrogens is 326 g/mol. The van der Waals surface area contributed by atoms with Gasteiger partial charge in [-0.15, -0.1) is 23.1 Å². The number of thiazole rings is 1. The number of aromatic nitrogens is 1. The lowest BCUT2D eigenvalue weighted by molar-refractivity contribution is 0.260. The summed E-state index contributed by atoms with van der Waals surface area (Å²) in [5, 5.41) is 19.0. The summed E-state index contributed by atoms with van der Waals surface area (Å²) in [7, 11) is 0. The van der Waals surface area contributed by atoms with E-state index in [4.69, 9.17) is 17.3 Å². The highest BCUT2D eigenvalue weighted by atomic mass is 35.5. The zero-order chi connectivity index (χ0) is 15.2. The number of aliphatic hydroxyl groups is 1. The van der Waals surface area contributed by atoms with E-state index in [0.29, 0.717) is 17.0 Å². The van der Waals surface area contributed by atoms with Crippen LogP contribution in [0.25, 0.3) is 0 Å². The quantitative estimate of drug-likeness (QED) is 0.789. The molecule has 0 aliphatic rings. The maximum absolute atomic E-state index is 9.20. The maximum Gasteiger partial charge on any atom is 0.100 e. The Labute approximate surface area is 136 Å². The largest absolute Gasteiger partial charge is 0.395 e. The first-order valence-corrected chi connectivity index (χ1v) is 8.39. The minimum Gasteiger partial charge on any atom is -0.395 e. The monoisotopic (exact) mass is 339 g/mol. The maximum atomic E-state index is 9.20. The third kappa shape index (κ3) is 4.43. The number of halogens is 1. The van der Waals surface area contributed by atoms with Crippen LogP contribution in [-0.4, -0.2) is 22.7 Å². The predicted octanol–water partition coefficient (Wildman–Crippen LogP) is 3.21. The zero-order valence-electron chi connectivity index (χ0n) is 11.1. The van der Waals surface area contributed by atoms with Crippen molar-refractivity contribution in [2.24, 2.45) is 5.73 Å². The van der Waals surface area contributed by atoms with Gasteiger partial charge in [0, 0.05) is 32.3 Å². The van der Waals surface area contributed by atoms with E-state index in [9.17, 15) is 10.4 Å². The first kappa shape index (κ1) is 16.3. The molecule has 2 atom stereocenters. The molecule has 0 aliphatic carbocycles. The normalized spacial score (nSPS) is 13.6. The average Bonchev–Trinajstić information content (AvgIpc) is 3.01. The molecule has 0 saturated heterocycles. The predicted molar refractivity (Wildman–Crippen MR) is 86.6 cm³/mol. The van der Waals surface area contributed by atoms with Crippen LogP contribution >= 0.6 is 34.7 Å². The Bertz CT molecular complexity index is 628. The van der Waals surface area contributed by atoms with Crippen LogP contribution in [0.4, 0.5) is 0 Å². The number of aliphatic hydroxyl groups excluding tert-OH is 1. The molecular formula is C14H14ClN3OS2. The molecule has 0 radical (unpaired) electrons. The van der Waals surface area contributed by atoms with E-state index in [2.05, 4.69) is 11.1 Å². The average molecular weight is 340 g/mol. The van der Waals surface area contributed by atoms with Gasteiger partial charge in [0.25, 0.3) is 0 Å². The molecule has 4 nitrogen and oxygen atoms in total. The highest BCUT2D eigenvalue weighted by molar-refractivity contribution is 7.99. The van der Waals surface area contributed by atoms with Crippen molar-refractivity contribution < 1.29 is 5.11 Å². The Hall–Kier alpha value is -1.10. The van der Waals surface area contributed by atoms with Crippen molar-refractivity contribution in [1.82, 2.24) is 4.98 Å². The lowest BCUT2D eigenvalue weighted by Gasteiger charge is -2.18. The van der Waals surface area contributed by atoms with E-state index in [1.54, 1.807) is 29.9 Å². The fourth-order valence-electron chi connectivity index (χ4n) is 1.80. The van der Waals surface area contributed by atoms with Crippen molar-refractivity contribution in [3.05, 3.63) is 45.4 Å². The summed E-state index contributed by atoms with van der Waals surface area (Å²) >= 11 is 9.08. The van der Waals surface area contributed by atoms with Crippen molar-refractivity contribution in [2.45, 2.75) is 22.6 Å². The molecule has 3 N–H and O–H groups in total. The molecule has 110 valence electrons. The summed E-state index contributed by atoms with van der Waals surface area (Å²) in [6.07, 6.45) is 2.39. The van der Waals surface area contributed by atoms with Crippen LogP contribution < -0.4 is 5.73 Å². The molecule has 0 unspecified atom stereocenters. The smallest absolute Gasteiger partial charge is 0.100 e. The van der Waals surface area contributed by atoms with Crippen LogP contribution in [0.1, 0.15) is 22.1 Å². The van der Waals surface area contributed by atoms with Gasteiger partial charge in [-0.3, -0.25) is 4.98 Å². The summed E-state index contributed by atoms with van der Waals surface area (Å²) in [4.78, 5) is 5.96. The fourth-order valence-corrected chi connectivity index (χ4v) is 4.22. The second kappa shape index (κ2) is 7.78. The molecule has 0 amide bonds. The van der Waals surface area contributed by atoms with Crippen LogP contribution in [0.5, 0.6) is 0 Å². The SMILES string of the molecule is N#Cc1ccc(Cl)cc1S[C@@H](C[C@H](N)CO)c1cncs1. The standard InChI is InChI=1S/C14H14ClN3OS2/c15-10-2-1-9(5-16)12(3-10)21-13(4-11(17)7-19)14-6-18-8-20-14/h1-3,6,8,11,13,19H,4,7,17H2/t11-,13-/m0/s1. The number of rotatable bonds is 6. The molecule has 7 heteroatoms. The van der Waals surface area contributed by atoms with Crippen molar-refractivity contribution in [2.75, 3.05) is 6.61 Å². The van der Waals surface area contributed by atoms with Crippen LogP contribution in [0, 0.1) is 11.3 Å². The molecule has 1 heterocycles. The molecule has 1 aromatic heterocycles. The van der Waals surface area contributed by atoms with Gasteiger partial charge in [0.15, 0.2) is 0 Å². The van der Waals surface area contributed by atoms with Crippen molar-refractivity contribution in [3.8, 4) is 6.07 Å². The van der Waals surface area contributed by atoms with E-state index >= 15 is 0 Å². The van der Waals surface area contributed by atoms with Crippen LogP contribution in [-0.2, 0) is 0 Å². The Morgan fingerprint density at radius 1 is 1.52 bits per heavy atom. The molecule has 1 aromatic carbocycles. The summed E-state index contributed by atoms with van der Waals surface area (Å²) in [5.41, 5.74) is 8.20. The lowest BCUT2D eigenvalue weighted by atomic mass is 10.1. The number of hydrogen-bond acceptors (Lipinski definition) is 6. The van der Waals surface area contributed by atoms with Crippen LogP contribution in [0.15, 0.2) is 34.8 Å². The second-order valence-corrected chi connectivity index (χ2v) is 7.04. The molecule has 0 spiro atoms. The van der Waals surface area contributed by atoms with Crippen LogP contribution in [0.3, 0.4) is 0 Å². The lowest BCUT2D eigenvalue weighted by Crippen LogP contribution is -2.25. The van der Waals surface area contributed by atoms with Gasteiger partial charge < -0.3 is 10.8 Å². The number of nitriles is 1. The van der Waals surface area contributed by atoms with Gasteiger partial charge in [-0.05, 0) is 24.6 Å². The van der Waals surface area contributed by atoms with E-state index in [1.807, 2.05) is 0 Å². The van der Waals surface area contributed by atoms with Gasteiger partial charge in [0.2, 0.25) is 0 Å². The topological polar surface area (TPSA) is 82.9 Å². The minimum absolute atomic E-state index is 0.0326. The molecule has 0 aliphatic heterocycles. The zero-order valence-corrected chi connectivity index (χ0v) is 13.5. The van der Waals surface area contributed by atoms with Crippen molar-refractivity contribution in [1.29, 1.82) is 5.26 Å².